The minimum absolute atomic E-state index is 0.912. The van der Waals surface area contributed by atoms with Crippen LogP contribution in [0.2, 0.25) is 0 Å². The van der Waals surface area contributed by atoms with E-state index in [1.807, 2.05) is 0 Å². The van der Waals surface area contributed by atoms with Crippen LogP contribution in [0.15, 0.2) is 0 Å². The normalized spacial score (nSPS) is 29.5. The van der Waals surface area contributed by atoms with Crippen molar-refractivity contribution < 1.29 is 10.5 Å². The zero-order chi connectivity index (χ0) is 9.56. The first-order valence-corrected chi connectivity index (χ1v) is 4.92. The Hall–Kier alpha value is -0.0800. The lowest BCUT2D eigenvalue weighted by Gasteiger charge is -2.31. The third-order valence-corrected chi connectivity index (χ3v) is 3.03. The highest BCUT2D eigenvalue weighted by Gasteiger charge is 2.23. The SMILES string of the molecule is CC(C)C1CCCCC1C.OO. The first-order valence-electron chi connectivity index (χ1n) is 4.92. The Morgan fingerprint density at radius 3 is 1.92 bits per heavy atom. The van der Waals surface area contributed by atoms with Crippen LogP contribution in [0.1, 0.15) is 46.5 Å². The summed E-state index contributed by atoms with van der Waals surface area (Å²) in [5.74, 6) is 2.93. The third kappa shape index (κ3) is 3.55. The van der Waals surface area contributed by atoms with Crippen molar-refractivity contribution in [2.24, 2.45) is 17.8 Å². The Bertz CT molecular complexity index is 102. The molecule has 1 fully saturated rings. The van der Waals surface area contributed by atoms with Crippen LogP contribution in [0.3, 0.4) is 0 Å². The fourth-order valence-corrected chi connectivity index (χ4v) is 2.34. The van der Waals surface area contributed by atoms with Crippen LogP contribution in [0.5, 0.6) is 0 Å². The van der Waals surface area contributed by atoms with Crippen LogP contribution < -0.4 is 0 Å². The fraction of sp³-hybridized carbons (Fsp3) is 1.00. The first kappa shape index (κ1) is 11.9. The van der Waals surface area contributed by atoms with Gasteiger partial charge in [-0.3, -0.25) is 10.5 Å². The van der Waals surface area contributed by atoms with Gasteiger partial charge in [0.05, 0.1) is 0 Å². The largest absolute Gasteiger partial charge is 0.255 e. The first-order chi connectivity index (χ1) is 5.72. The van der Waals surface area contributed by atoms with Crippen molar-refractivity contribution in [1.82, 2.24) is 0 Å². The van der Waals surface area contributed by atoms with Gasteiger partial charge in [-0.1, -0.05) is 40.0 Å². The summed E-state index contributed by atoms with van der Waals surface area (Å²) in [6.07, 6.45) is 5.92. The summed E-state index contributed by atoms with van der Waals surface area (Å²) in [5.41, 5.74) is 0. The molecule has 2 N–H and O–H groups in total. The van der Waals surface area contributed by atoms with E-state index in [2.05, 4.69) is 20.8 Å². The quantitative estimate of drug-likeness (QED) is 0.472. The second-order valence-electron chi connectivity index (χ2n) is 4.17. The average Bonchev–Trinajstić information content (AvgIpc) is 2.08. The van der Waals surface area contributed by atoms with Crippen LogP contribution in [0.25, 0.3) is 0 Å². The Kier molecular flexibility index (Phi) is 6.39. The zero-order valence-electron chi connectivity index (χ0n) is 8.45. The Labute approximate surface area is 75.5 Å². The molecule has 1 saturated carbocycles. The van der Waals surface area contributed by atoms with Crippen LogP contribution >= 0.6 is 0 Å². The number of hydrogen-bond donors (Lipinski definition) is 2. The van der Waals surface area contributed by atoms with E-state index in [0.717, 1.165) is 17.8 Å². The van der Waals surface area contributed by atoms with Crippen LogP contribution in [-0.2, 0) is 0 Å². The van der Waals surface area contributed by atoms with Crippen molar-refractivity contribution in [3.63, 3.8) is 0 Å². The molecule has 2 unspecified atom stereocenters. The maximum Gasteiger partial charge on any atom is -0.0365 e. The molecule has 0 amide bonds. The van der Waals surface area contributed by atoms with Gasteiger partial charge < -0.3 is 0 Å². The van der Waals surface area contributed by atoms with Gasteiger partial charge in [0.2, 0.25) is 0 Å². The predicted octanol–water partition coefficient (Wildman–Crippen LogP) is 3.49. The van der Waals surface area contributed by atoms with Gasteiger partial charge in [-0.2, -0.15) is 0 Å². The molecule has 0 aliphatic heterocycles. The molecule has 0 heterocycles. The lowest BCUT2D eigenvalue weighted by atomic mass is 9.75. The molecule has 0 aromatic rings. The van der Waals surface area contributed by atoms with Crippen LogP contribution in [-0.4, -0.2) is 10.5 Å². The van der Waals surface area contributed by atoms with E-state index in [0.29, 0.717) is 0 Å². The molecule has 74 valence electrons. The maximum atomic E-state index is 6.00. The van der Waals surface area contributed by atoms with Gasteiger partial charge in [0.15, 0.2) is 0 Å². The van der Waals surface area contributed by atoms with Gasteiger partial charge in [0.25, 0.3) is 0 Å². The Morgan fingerprint density at radius 2 is 1.58 bits per heavy atom. The van der Waals surface area contributed by atoms with Gasteiger partial charge in [-0.05, 0) is 24.2 Å². The molecular weight excluding hydrogens is 152 g/mol. The summed E-state index contributed by atoms with van der Waals surface area (Å²) in [6.45, 7) is 7.16. The van der Waals surface area contributed by atoms with E-state index >= 15 is 0 Å². The molecular formula is C10H22O2. The van der Waals surface area contributed by atoms with Crippen molar-refractivity contribution in [3.05, 3.63) is 0 Å². The van der Waals surface area contributed by atoms with Gasteiger partial charge in [-0.15, -0.1) is 0 Å². The molecule has 1 aliphatic rings. The molecule has 0 aromatic heterocycles. The lowest BCUT2D eigenvalue weighted by molar-refractivity contribution is -0.176. The summed E-state index contributed by atoms with van der Waals surface area (Å²) in [7, 11) is 0. The van der Waals surface area contributed by atoms with E-state index in [-0.39, 0.29) is 0 Å². The van der Waals surface area contributed by atoms with Crippen molar-refractivity contribution in [1.29, 1.82) is 0 Å². The second-order valence-corrected chi connectivity index (χ2v) is 4.17. The second kappa shape index (κ2) is 6.44. The lowest BCUT2D eigenvalue weighted by Crippen LogP contribution is -2.21. The average molecular weight is 174 g/mol. The third-order valence-electron chi connectivity index (χ3n) is 3.03. The monoisotopic (exact) mass is 174 g/mol. The fourth-order valence-electron chi connectivity index (χ4n) is 2.34. The van der Waals surface area contributed by atoms with Crippen LogP contribution in [0, 0.1) is 17.8 Å². The van der Waals surface area contributed by atoms with E-state index in [1.54, 1.807) is 0 Å². The molecule has 0 aromatic carbocycles. The van der Waals surface area contributed by atoms with Crippen LogP contribution in [0.4, 0.5) is 0 Å². The summed E-state index contributed by atoms with van der Waals surface area (Å²) >= 11 is 0. The topological polar surface area (TPSA) is 40.5 Å². The highest BCUT2D eigenvalue weighted by Crippen LogP contribution is 2.34. The summed E-state index contributed by atoms with van der Waals surface area (Å²) < 4.78 is 0. The van der Waals surface area contributed by atoms with Crippen molar-refractivity contribution >= 4 is 0 Å². The molecule has 2 atom stereocenters. The molecule has 2 heteroatoms. The van der Waals surface area contributed by atoms with E-state index in [9.17, 15) is 0 Å². The summed E-state index contributed by atoms with van der Waals surface area (Å²) in [5, 5.41) is 12.0. The zero-order valence-corrected chi connectivity index (χ0v) is 8.45. The minimum atomic E-state index is 0.912. The molecule has 1 aliphatic carbocycles. The van der Waals surface area contributed by atoms with Gasteiger partial charge >= 0.3 is 0 Å². The molecule has 0 saturated heterocycles. The molecule has 2 nitrogen and oxygen atoms in total. The minimum Gasteiger partial charge on any atom is -0.255 e. The Balaban J connectivity index is 0.000000561. The molecule has 1 rings (SSSR count). The van der Waals surface area contributed by atoms with Gasteiger partial charge in [-0.25, -0.2) is 0 Å². The van der Waals surface area contributed by atoms with Crippen molar-refractivity contribution in [3.8, 4) is 0 Å². The molecule has 0 spiro atoms. The van der Waals surface area contributed by atoms with Crippen molar-refractivity contribution in [2.45, 2.75) is 46.5 Å². The molecule has 0 radical (unpaired) electrons. The highest BCUT2D eigenvalue weighted by atomic mass is 17.0. The van der Waals surface area contributed by atoms with Crippen molar-refractivity contribution in [2.75, 3.05) is 0 Å². The Morgan fingerprint density at radius 1 is 1.08 bits per heavy atom. The summed E-state index contributed by atoms with van der Waals surface area (Å²) in [4.78, 5) is 0. The van der Waals surface area contributed by atoms with E-state index in [4.69, 9.17) is 10.5 Å². The van der Waals surface area contributed by atoms with E-state index in [1.165, 1.54) is 25.7 Å². The van der Waals surface area contributed by atoms with Gasteiger partial charge in [0.1, 0.15) is 0 Å². The standard InChI is InChI=1S/C10H20.H2O2/c1-8(2)10-7-5-4-6-9(10)3;1-2/h8-10H,4-7H2,1-3H3;1-2H. The van der Waals surface area contributed by atoms with E-state index < -0.39 is 0 Å². The summed E-state index contributed by atoms with van der Waals surface area (Å²) in [6, 6.07) is 0. The number of hydrogen-bond acceptors (Lipinski definition) is 2. The highest BCUT2D eigenvalue weighted by molar-refractivity contribution is 4.74. The number of rotatable bonds is 1. The molecule has 12 heavy (non-hydrogen) atoms. The predicted molar refractivity (Wildman–Crippen MR) is 51.2 cm³/mol. The molecule has 0 bridgehead atoms. The smallest absolute Gasteiger partial charge is 0.0365 e. The van der Waals surface area contributed by atoms with Gasteiger partial charge in [0, 0.05) is 0 Å². The maximum absolute atomic E-state index is 6.00.